The zero-order chi connectivity index (χ0) is 26.4. The molecule has 9 nitrogen and oxygen atoms in total. The van der Waals surface area contributed by atoms with Crippen molar-refractivity contribution in [2.45, 2.75) is 51.1 Å². The highest BCUT2D eigenvalue weighted by atomic mass is 19.4. The number of anilines is 3. The van der Waals surface area contributed by atoms with Crippen molar-refractivity contribution >= 4 is 23.5 Å². The van der Waals surface area contributed by atoms with Crippen LogP contribution < -0.4 is 26.4 Å². The van der Waals surface area contributed by atoms with Gasteiger partial charge in [0.2, 0.25) is 5.95 Å². The fourth-order valence-electron chi connectivity index (χ4n) is 5.18. The molecular weight excluding hydrogens is 489 g/mol. The number of carbonyl (C=O) groups is 1. The lowest BCUT2D eigenvalue weighted by molar-refractivity contribution is -0.182. The van der Waals surface area contributed by atoms with Crippen molar-refractivity contribution in [3.63, 3.8) is 0 Å². The van der Waals surface area contributed by atoms with Gasteiger partial charge in [0.1, 0.15) is 5.82 Å². The van der Waals surface area contributed by atoms with Crippen molar-refractivity contribution in [1.29, 1.82) is 0 Å². The first-order chi connectivity index (χ1) is 17.6. The number of amides is 2. The summed E-state index contributed by atoms with van der Waals surface area (Å²) in [6, 6.07) is 7.84. The Morgan fingerprint density at radius 3 is 2.65 bits per heavy atom. The van der Waals surface area contributed by atoms with Crippen molar-refractivity contribution in [3.8, 4) is 0 Å². The van der Waals surface area contributed by atoms with Crippen LogP contribution in [-0.4, -0.2) is 59.6 Å². The average molecular weight is 521 g/mol. The van der Waals surface area contributed by atoms with Crippen molar-refractivity contribution in [2.24, 2.45) is 11.8 Å². The van der Waals surface area contributed by atoms with Crippen LogP contribution in [0.25, 0.3) is 0 Å². The van der Waals surface area contributed by atoms with E-state index in [4.69, 9.17) is 4.74 Å². The van der Waals surface area contributed by atoms with E-state index in [9.17, 15) is 22.8 Å². The Morgan fingerprint density at radius 2 is 2.03 bits per heavy atom. The number of urea groups is 1. The molecule has 2 aliphatic heterocycles. The lowest BCUT2D eigenvalue weighted by Gasteiger charge is -2.36. The van der Waals surface area contributed by atoms with Crippen molar-refractivity contribution in [2.75, 3.05) is 41.8 Å². The molecular formula is C25H31F3N6O3. The molecule has 5 rings (SSSR count). The molecule has 0 spiro atoms. The molecule has 3 N–H and O–H groups in total. The van der Waals surface area contributed by atoms with E-state index in [-0.39, 0.29) is 30.4 Å². The van der Waals surface area contributed by atoms with Gasteiger partial charge in [-0.3, -0.25) is 9.36 Å². The zero-order valence-corrected chi connectivity index (χ0v) is 20.8. The Hall–Kier alpha value is -3.28. The minimum absolute atomic E-state index is 0.000914. The molecule has 2 aromatic rings. The molecule has 1 saturated carbocycles. The highest BCUT2D eigenvalue weighted by molar-refractivity contribution is 5.89. The Morgan fingerprint density at radius 1 is 1.27 bits per heavy atom. The molecule has 4 atom stereocenters. The van der Waals surface area contributed by atoms with E-state index >= 15 is 0 Å². The number of hydrogen-bond acceptors (Lipinski definition) is 6. The molecule has 12 heteroatoms. The maximum atomic E-state index is 14.3. The number of fused-ring (bicyclic) bond motifs is 2. The number of nitrogens with one attached hydrogen (secondary N) is 3. The predicted molar refractivity (Wildman–Crippen MR) is 133 cm³/mol. The summed E-state index contributed by atoms with van der Waals surface area (Å²) in [4.78, 5) is 30.1. The Kier molecular flexibility index (Phi) is 6.55. The molecule has 1 aromatic heterocycles. The van der Waals surface area contributed by atoms with Gasteiger partial charge in [0.15, 0.2) is 5.54 Å². The SMILES string of the molecule is CCNC(=O)Nc1ccc(CCN2c3nc(NC[C@H]4OCC5CC54)cc(=O)n3C[C@@]2(C)C(F)(F)F)cc1. The van der Waals surface area contributed by atoms with Gasteiger partial charge in [-0.15, -0.1) is 0 Å². The van der Waals surface area contributed by atoms with E-state index in [2.05, 4.69) is 20.9 Å². The van der Waals surface area contributed by atoms with Crippen LogP contribution in [-0.2, 0) is 17.7 Å². The van der Waals surface area contributed by atoms with E-state index in [1.165, 1.54) is 11.0 Å². The van der Waals surface area contributed by atoms with Crippen LogP contribution >= 0.6 is 0 Å². The van der Waals surface area contributed by atoms with Gasteiger partial charge in [-0.25, -0.2) is 4.79 Å². The lowest BCUT2D eigenvalue weighted by atomic mass is 10.00. The molecule has 200 valence electrons. The van der Waals surface area contributed by atoms with Crippen LogP contribution in [0.4, 0.5) is 35.4 Å². The van der Waals surface area contributed by atoms with E-state index in [0.29, 0.717) is 37.0 Å². The third-order valence-corrected chi connectivity index (χ3v) is 7.54. The number of carbonyl (C=O) groups excluding carboxylic acids is 1. The first kappa shape index (κ1) is 25.4. The molecule has 1 aromatic carbocycles. The summed E-state index contributed by atoms with van der Waals surface area (Å²) in [6.07, 6.45) is -3.13. The summed E-state index contributed by atoms with van der Waals surface area (Å²) < 4.78 is 49.7. The molecule has 0 bridgehead atoms. The van der Waals surface area contributed by atoms with Gasteiger partial charge in [0, 0.05) is 31.4 Å². The summed E-state index contributed by atoms with van der Waals surface area (Å²) in [5, 5.41) is 8.43. The number of ether oxygens (including phenoxy) is 1. The van der Waals surface area contributed by atoms with E-state index in [1.807, 2.05) is 6.92 Å². The maximum Gasteiger partial charge on any atom is 0.413 e. The smallest absolute Gasteiger partial charge is 0.376 e. The predicted octanol–water partition coefficient (Wildman–Crippen LogP) is 3.22. The van der Waals surface area contributed by atoms with Crippen LogP contribution in [0.1, 0.15) is 25.8 Å². The van der Waals surface area contributed by atoms with Crippen molar-refractivity contribution in [3.05, 3.63) is 46.2 Å². The summed E-state index contributed by atoms with van der Waals surface area (Å²) in [6.45, 7) is 4.08. The fourth-order valence-corrected chi connectivity index (χ4v) is 5.18. The average Bonchev–Trinajstić information content (AvgIpc) is 3.40. The third-order valence-electron chi connectivity index (χ3n) is 7.54. The minimum Gasteiger partial charge on any atom is -0.376 e. The largest absolute Gasteiger partial charge is 0.413 e. The van der Waals surface area contributed by atoms with E-state index < -0.39 is 23.8 Å². The summed E-state index contributed by atoms with van der Waals surface area (Å²) in [5.41, 5.74) is -1.43. The van der Waals surface area contributed by atoms with Crippen LogP contribution in [0.2, 0.25) is 0 Å². The highest BCUT2D eigenvalue weighted by Gasteiger charge is 2.59. The fraction of sp³-hybridized carbons (Fsp3) is 0.560. The number of hydrogen-bond donors (Lipinski definition) is 3. The normalized spacial score (nSPS) is 26.0. The number of benzene rings is 1. The molecule has 1 aliphatic carbocycles. The number of nitrogens with zero attached hydrogens (tertiary/aromatic N) is 3. The van der Waals surface area contributed by atoms with Crippen molar-refractivity contribution < 1.29 is 22.7 Å². The van der Waals surface area contributed by atoms with Crippen molar-refractivity contribution in [1.82, 2.24) is 14.9 Å². The van der Waals surface area contributed by atoms with Crippen LogP contribution in [0, 0.1) is 11.8 Å². The Bertz CT molecular complexity index is 1220. The Balaban J connectivity index is 1.33. The molecule has 3 aliphatic rings. The van der Waals surface area contributed by atoms with E-state index in [0.717, 1.165) is 30.1 Å². The monoisotopic (exact) mass is 520 g/mol. The van der Waals surface area contributed by atoms with Gasteiger partial charge < -0.3 is 25.6 Å². The van der Waals surface area contributed by atoms with Crippen LogP contribution in [0.15, 0.2) is 35.1 Å². The highest BCUT2D eigenvalue weighted by Crippen LogP contribution is 2.48. The molecule has 2 fully saturated rings. The number of halogens is 3. The molecule has 3 heterocycles. The van der Waals surface area contributed by atoms with Gasteiger partial charge >= 0.3 is 12.2 Å². The summed E-state index contributed by atoms with van der Waals surface area (Å²) in [5.74, 6) is 1.37. The minimum atomic E-state index is -4.58. The van der Waals surface area contributed by atoms with Crippen LogP contribution in [0.3, 0.4) is 0 Å². The van der Waals surface area contributed by atoms with E-state index in [1.54, 1.807) is 24.3 Å². The standard InChI is InChI=1S/C25H31F3N6O3/c1-3-29-22(36)31-17-6-4-15(5-7-17)8-9-34-23-32-20(30-12-19-18-10-16(18)13-37-19)11-21(35)33(23)14-24(34,2)25(26,27)28/h4-7,11,16,18-19,30H,3,8-10,12-14H2,1-2H3,(H2,29,31,36)/t16?,18?,19-,24+/m1/s1. The second kappa shape index (κ2) is 9.55. The molecule has 2 amide bonds. The first-order valence-electron chi connectivity index (χ1n) is 12.5. The number of aromatic nitrogens is 2. The van der Waals surface area contributed by atoms with Gasteiger partial charge in [-0.1, -0.05) is 12.1 Å². The number of alkyl halides is 3. The molecule has 2 unspecified atom stereocenters. The van der Waals surface area contributed by atoms with Crippen LogP contribution in [0.5, 0.6) is 0 Å². The quantitative estimate of drug-likeness (QED) is 0.494. The second-order valence-corrected chi connectivity index (χ2v) is 10.1. The summed E-state index contributed by atoms with van der Waals surface area (Å²) in [7, 11) is 0. The first-order valence-corrected chi connectivity index (χ1v) is 12.5. The van der Waals surface area contributed by atoms with Gasteiger partial charge in [0.05, 0.1) is 19.3 Å². The maximum absolute atomic E-state index is 14.3. The number of rotatable bonds is 8. The molecule has 37 heavy (non-hydrogen) atoms. The topological polar surface area (TPSA) is 101 Å². The van der Waals surface area contributed by atoms with Gasteiger partial charge in [-0.05, 0) is 56.2 Å². The Labute approximate surface area is 212 Å². The summed E-state index contributed by atoms with van der Waals surface area (Å²) >= 11 is 0. The third kappa shape index (κ3) is 4.98. The molecule has 0 radical (unpaired) electrons. The second-order valence-electron chi connectivity index (χ2n) is 10.1. The van der Waals surface area contributed by atoms with Gasteiger partial charge in [-0.2, -0.15) is 18.2 Å². The van der Waals surface area contributed by atoms with Gasteiger partial charge in [0.25, 0.3) is 5.56 Å². The lowest BCUT2D eigenvalue weighted by Crippen LogP contribution is -2.56. The zero-order valence-electron chi connectivity index (χ0n) is 20.8. The molecule has 1 saturated heterocycles.